The van der Waals surface area contributed by atoms with Crippen molar-refractivity contribution < 1.29 is 4.74 Å². The van der Waals surface area contributed by atoms with Crippen molar-refractivity contribution in [2.75, 3.05) is 12.3 Å². The number of hydrogen-bond donors (Lipinski definition) is 1. The van der Waals surface area contributed by atoms with Crippen LogP contribution >= 0.6 is 11.3 Å². The third kappa shape index (κ3) is 2.37. The summed E-state index contributed by atoms with van der Waals surface area (Å²) in [6.45, 7) is 2.98. The Labute approximate surface area is 121 Å². The maximum absolute atomic E-state index is 6.11. The molecule has 102 valence electrons. The third-order valence-corrected chi connectivity index (χ3v) is 3.90. The molecular formula is C15H15N3OS. The summed E-state index contributed by atoms with van der Waals surface area (Å²) in [5.74, 6) is 1.16. The molecule has 0 saturated heterocycles. The summed E-state index contributed by atoms with van der Waals surface area (Å²) in [7, 11) is 0. The third-order valence-electron chi connectivity index (χ3n) is 3.03. The van der Waals surface area contributed by atoms with Crippen LogP contribution in [-0.4, -0.2) is 16.6 Å². The van der Waals surface area contributed by atoms with Gasteiger partial charge in [-0.15, -0.1) is 11.3 Å². The standard InChI is InChI=1S/C15H15N3OS/c1-2-19-8-12-17-14(16)13-11(9-20-15(13)18-12)10-6-4-3-5-7-10/h3-7,9H,2,8H2,1H3,(H2,16,17,18). The number of nitrogen functional groups attached to an aromatic ring is 1. The van der Waals surface area contributed by atoms with Crippen LogP contribution in [0, 0.1) is 0 Å². The maximum atomic E-state index is 6.11. The molecule has 20 heavy (non-hydrogen) atoms. The molecule has 0 atom stereocenters. The normalized spacial score (nSPS) is 11.1. The first-order valence-electron chi connectivity index (χ1n) is 6.46. The van der Waals surface area contributed by atoms with E-state index in [1.807, 2.05) is 25.1 Å². The molecule has 2 aromatic heterocycles. The molecule has 3 aromatic rings. The number of rotatable bonds is 4. The molecule has 0 bridgehead atoms. The first-order valence-corrected chi connectivity index (χ1v) is 7.34. The summed E-state index contributed by atoms with van der Waals surface area (Å²) in [6.07, 6.45) is 0. The van der Waals surface area contributed by atoms with Crippen molar-refractivity contribution in [3.63, 3.8) is 0 Å². The molecule has 5 heteroatoms. The Kier molecular flexibility index (Phi) is 3.62. The van der Waals surface area contributed by atoms with Gasteiger partial charge in [-0.3, -0.25) is 0 Å². The van der Waals surface area contributed by atoms with E-state index < -0.39 is 0 Å². The molecule has 3 rings (SSSR count). The summed E-state index contributed by atoms with van der Waals surface area (Å²) >= 11 is 1.58. The van der Waals surface area contributed by atoms with E-state index in [4.69, 9.17) is 10.5 Å². The van der Waals surface area contributed by atoms with Crippen LogP contribution in [0.1, 0.15) is 12.7 Å². The van der Waals surface area contributed by atoms with Crippen LogP contribution in [0.5, 0.6) is 0 Å². The largest absolute Gasteiger partial charge is 0.383 e. The minimum atomic E-state index is 0.398. The van der Waals surface area contributed by atoms with Crippen LogP contribution < -0.4 is 5.73 Å². The van der Waals surface area contributed by atoms with Crippen LogP contribution in [0.15, 0.2) is 35.7 Å². The first-order chi connectivity index (χ1) is 9.79. The number of hydrogen-bond acceptors (Lipinski definition) is 5. The highest BCUT2D eigenvalue weighted by Gasteiger charge is 2.13. The topological polar surface area (TPSA) is 61.0 Å². The van der Waals surface area contributed by atoms with E-state index in [1.165, 1.54) is 0 Å². The Hall–Kier alpha value is -1.98. The molecular weight excluding hydrogens is 270 g/mol. The fraction of sp³-hybridized carbons (Fsp3) is 0.200. The monoisotopic (exact) mass is 285 g/mol. The summed E-state index contributed by atoms with van der Waals surface area (Å²) in [4.78, 5) is 9.78. The predicted molar refractivity (Wildman–Crippen MR) is 82.6 cm³/mol. The van der Waals surface area contributed by atoms with Crippen molar-refractivity contribution >= 4 is 27.4 Å². The van der Waals surface area contributed by atoms with E-state index in [1.54, 1.807) is 11.3 Å². The van der Waals surface area contributed by atoms with Crippen molar-refractivity contribution in [1.29, 1.82) is 0 Å². The molecule has 0 unspecified atom stereocenters. The second-order valence-corrected chi connectivity index (χ2v) is 5.22. The van der Waals surface area contributed by atoms with E-state index in [0.29, 0.717) is 24.9 Å². The Bertz CT molecular complexity index is 725. The number of benzene rings is 1. The average Bonchev–Trinajstić information content (AvgIpc) is 2.90. The van der Waals surface area contributed by atoms with Gasteiger partial charge >= 0.3 is 0 Å². The molecule has 0 saturated carbocycles. The lowest BCUT2D eigenvalue weighted by molar-refractivity contribution is 0.128. The molecule has 0 aliphatic carbocycles. The van der Waals surface area contributed by atoms with Gasteiger partial charge in [0.15, 0.2) is 5.82 Å². The van der Waals surface area contributed by atoms with E-state index >= 15 is 0 Å². The highest BCUT2D eigenvalue weighted by atomic mass is 32.1. The molecule has 2 N–H and O–H groups in total. The molecule has 4 nitrogen and oxygen atoms in total. The summed E-state index contributed by atoms with van der Waals surface area (Å²) < 4.78 is 5.34. The number of aromatic nitrogens is 2. The summed E-state index contributed by atoms with van der Waals surface area (Å²) in [5.41, 5.74) is 8.33. The van der Waals surface area contributed by atoms with Gasteiger partial charge in [0.25, 0.3) is 0 Å². The van der Waals surface area contributed by atoms with Crippen LogP contribution in [0.2, 0.25) is 0 Å². The number of fused-ring (bicyclic) bond motifs is 1. The minimum absolute atomic E-state index is 0.398. The summed E-state index contributed by atoms with van der Waals surface area (Å²) in [5, 5.41) is 3.01. The lowest BCUT2D eigenvalue weighted by atomic mass is 10.1. The second-order valence-electron chi connectivity index (χ2n) is 4.36. The SMILES string of the molecule is CCOCc1nc(N)c2c(-c3ccccc3)csc2n1. The highest BCUT2D eigenvalue weighted by molar-refractivity contribution is 7.17. The summed E-state index contributed by atoms with van der Waals surface area (Å²) in [6, 6.07) is 10.2. The smallest absolute Gasteiger partial charge is 0.158 e. The number of nitrogens with two attached hydrogens (primary N) is 1. The van der Waals surface area contributed by atoms with Gasteiger partial charge in [0.05, 0.1) is 5.39 Å². The van der Waals surface area contributed by atoms with Gasteiger partial charge in [-0.05, 0) is 12.5 Å². The van der Waals surface area contributed by atoms with Crippen molar-refractivity contribution in [3.05, 3.63) is 41.5 Å². The second kappa shape index (κ2) is 5.56. The zero-order valence-corrected chi connectivity index (χ0v) is 12.0. The fourth-order valence-electron chi connectivity index (χ4n) is 2.10. The van der Waals surface area contributed by atoms with Crippen LogP contribution in [0.4, 0.5) is 5.82 Å². The average molecular weight is 285 g/mol. The number of ether oxygens (including phenoxy) is 1. The quantitative estimate of drug-likeness (QED) is 0.797. The zero-order valence-electron chi connectivity index (χ0n) is 11.2. The van der Waals surface area contributed by atoms with E-state index in [9.17, 15) is 0 Å². The van der Waals surface area contributed by atoms with Gasteiger partial charge in [0, 0.05) is 17.6 Å². The van der Waals surface area contributed by atoms with Crippen molar-refractivity contribution in [1.82, 2.24) is 9.97 Å². The van der Waals surface area contributed by atoms with Crippen LogP contribution in [0.25, 0.3) is 21.3 Å². The van der Waals surface area contributed by atoms with Gasteiger partial charge in [-0.25, -0.2) is 9.97 Å². The molecule has 0 fully saturated rings. The van der Waals surface area contributed by atoms with Crippen molar-refractivity contribution in [2.24, 2.45) is 0 Å². The lowest BCUT2D eigenvalue weighted by Gasteiger charge is -2.05. The van der Waals surface area contributed by atoms with Gasteiger partial charge in [-0.1, -0.05) is 30.3 Å². The van der Waals surface area contributed by atoms with Crippen LogP contribution in [0.3, 0.4) is 0 Å². The fourth-order valence-corrected chi connectivity index (χ4v) is 3.08. The molecule has 2 heterocycles. The van der Waals surface area contributed by atoms with E-state index in [-0.39, 0.29) is 0 Å². The van der Waals surface area contributed by atoms with Gasteiger partial charge in [0.2, 0.25) is 0 Å². The number of thiophene rings is 1. The van der Waals surface area contributed by atoms with Crippen LogP contribution in [-0.2, 0) is 11.3 Å². The van der Waals surface area contributed by atoms with E-state index in [2.05, 4.69) is 27.5 Å². The highest BCUT2D eigenvalue weighted by Crippen LogP contribution is 2.35. The number of anilines is 1. The predicted octanol–water partition coefficient (Wildman–Crippen LogP) is 3.48. The number of nitrogens with zero attached hydrogens (tertiary/aromatic N) is 2. The maximum Gasteiger partial charge on any atom is 0.158 e. The Morgan fingerprint density at radius 1 is 1.20 bits per heavy atom. The molecule has 0 aliphatic rings. The molecule has 0 aliphatic heterocycles. The lowest BCUT2D eigenvalue weighted by Crippen LogP contribution is -2.02. The minimum Gasteiger partial charge on any atom is -0.383 e. The van der Waals surface area contributed by atoms with E-state index in [0.717, 1.165) is 21.3 Å². The van der Waals surface area contributed by atoms with Crippen molar-refractivity contribution in [2.45, 2.75) is 13.5 Å². The van der Waals surface area contributed by atoms with Gasteiger partial charge < -0.3 is 10.5 Å². The van der Waals surface area contributed by atoms with Crippen molar-refractivity contribution in [3.8, 4) is 11.1 Å². The Morgan fingerprint density at radius 3 is 2.75 bits per heavy atom. The zero-order chi connectivity index (χ0) is 13.9. The molecule has 0 radical (unpaired) electrons. The molecule has 0 amide bonds. The Morgan fingerprint density at radius 2 is 2.00 bits per heavy atom. The van der Waals surface area contributed by atoms with Gasteiger partial charge in [0.1, 0.15) is 17.3 Å². The molecule has 1 aromatic carbocycles. The van der Waals surface area contributed by atoms with Gasteiger partial charge in [-0.2, -0.15) is 0 Å². The molecule has 0 spiro atoms. The Balaban J connectivity index is 2.09. The first kappa shape index (κ1) is 13.0.